The number of rotatable bonds is 4. The lowest BCUT2D eigenvalue weighted by Crippen LogP contribution is -2.27. The molecule has 2 nitrogen and oxygen atoms in total. The summed E-state index contributed by atoms with van der Waals surface area (Å²) in [6, 6.07) is 0. The van der Waals surface area contributed by atoms with Gasteiger partial charge in [0.2, 0.25) is 5.91 Å². The van der Waals surface area contributed by atoms with Crippen molar-refractivity contribution in [1.82, 2.24) is 5.32 Å². The van der Waals surface area contributed by atoms with Gasteiger partial charge in [0.1, 0.15) is 0 Å². The van der Waals surface area contributed by atoms with Gasteiger partial charge < -0.3 is 5.32 Å². The summed E-state index contributed by atoms with van der Waals surface area (Å²) in [6.45, 7) is 1.48. The van der Waals surface area contributed by atoms with Crippen molar-refractivity contribution in [2.24, 2.45) is 0 Å². The molecule has 12 heavy (non-hydrogen) atoms. The van der Waals surface area contributed by atoms with Crippen LogP contribution in [-0.2, 0) is 4.79 Å². The van der Waals surface area contributed by atoms with E-state index in [4.69, 9.17) is 0 Å². The van der Waals surface area contributed by atoms with Gasteiger partial charge in [0.25, 0.3) is 0 Å². The van der Waals surface area contributed by atoms with Crippen molar-refractivity contribution in [3.8, 4) is 0 Å². The predicted octanol–water partition coefficient (Wildman–Crippen LogP) is 1.86. The van der Waals surface area contributed by atoms with E-state index in [2.05, 4.69) is 5.32 Å². The van der Waals surface area contributed by atoms with Crippen molar-refractivity contribution < 1.29 is 18.0 Å². The molecular weight excluding hydrogens is 171 g/mol. The standard InChI is InChI=1S/C7H12F3NO/c1-2-3-6(12)11-5-4-7(8,9)10/h2-5H2,1H3,(H,11,12). The van der Waals surface area contributed by atoms with E-state index in [0.29, 0.717) is 6.42 Å². The predicted molar refractivity (Wildman–Crippen MR) is 38.6 cm³/mol. The van der Waals surface area contributed by atoms with Gasteiger partial charge in [0.05, 0.1) is 6.42 Å². The zero-order valence-electron chi connectivity index (χ0n) is 6.87. The molecule has 0 bridgehead atoms. The molecule has 0 saturated heterocycles. The number of carbonyl (C=O) groups excluding carboxylic acids is 1. The van der Waals surface area contributed by atoms with Crippen LogP contribution < -0.4 is 5.32 Å². The summed E-state index contributed by atoms with van der Waals surface area (Å²) in [6.07, 6.45) is -4.20. The maximum Gasteiger partial charge on any atom is 0.390 e. The first-order valence-electron chi connectivity index (χ1n) is 3.79. The highest BCUT2D eigenvalue weighted by Crippen LogP contribution is 2.18. The van der Waals surface area contributed by atoms with E-state index in [1.165, 1.54) is 0 Å². The Morgan fingerprint density at radius 1 is 1.42 bits per heavy atom. The van der Waals surface area contributed by atoms with Crippen LogP contribution >= 0.6 is 0 Å². The minimum atomic E-state index is -4.18. The summed E-state index contributed by atoms with van der Waals surface area (Å²) in [5.74, 6) is -0.318. The molecule has 0 saturated carbocycles. The number of halogens is 3. The second-order valence-corrected chi connectivity index (χ2v) is 2.47. The SMILES string of the molecule is CCCC(=O)NCCC(F)(F)F. The van der Waals surface area contributed by atoms with Crippen LogP contribution in [0.1, 0.15) is 26.2 Å². The number of nitrogens with one attached hydrogen (secondary N) is 1. The second-order valence-electron chi connectivity index (χ2n) is 2.47. The van der Waals surface area contributed by atoms with Crippen LogP contribution in [0.15, 0.2) is 0 Å². The average Bonchev–Trinajstić information content (AvgIpc) is 1.84. The Kier molecular flexibility index (Phi) is 4.70. The van der Waals surface area contributed by atoms with Crippen molar-refractivity contribution in [2.75, 3.05) is 6.54 Å². The first kappa shape index (κ1) is 11.3. The molecule has 0 aromatic rings. The lowest BCUT2D eigenvalue weighted by Gasteiger charge is -2.06. The zero-order chi connectivity index (χ0) is 9.61. The molecule has 0 aromatic carbocycles. The van der Waals surface area contributed by atoms with Crippen LogP contribution in [0.4, 0.5) is 13.2 Å². The molecule has 0 aliphatic rings. The average molecular weight is 183 g/mol. The highest BCUT2D eigenvalue weighted by molar-refractivity contribution is 5.75. The number of carbonyl (C=O) groups is 1. The van der Waals surface area contributed by atoms with Crippen LogP contribution in [0.3, 0.4) is 0 Å². The maximum atomic E-state index is 11.5. The monoisotopic (exact) mass is 183 g/mol. The zero-order valence-corrected chi connectivity index (χ0v) is 6.87. The number of hydrogen-bond donors (Lipinski definition) is 1. The van der Waals surface area contributed by atoms with Gasteiger partial charge in [-0.05, 0) is 6.42 Å². The quantitative estimate of drug-likeness (QED) is 0.708. The Balaban J connectivity index is 3.37. The van der Waals surface area contributed by atoms with E-state index >= 15 is 0 Å². The Bertz CT molecular complexity index is 144. The summed E-state index contributed by atoms with van der Waals surface area (Å²) in [7, 11) is 0. The number of hydrogen-bond acceptors (Lipinski definition) is 1. The third-order valence-corrected chi connectivity index (χ3v) is 1.21. The van der Waals surface area contributed by atoms with Gasteiger partial charge in [-0.25, -0.2) is 0 Å². The lowest BCUT2D eigenvalue weighted by molar-refractivity contribution is -0.135. The fraction of sp³-hybridized carbons (Fsp3) is 0.857. The van der Waals surface area contributed by atoms with Gasteiger partial charge in [0.15, 0.2) is 0 Å². The summed E-state index contributed by atoms with van der Waals surface area (Å²) >= 11 is 0. The fourth-order valence-corrected chi connectivity index (χ4v) is 0.659. The third kappa shape index (κ3) is 7.37. The molecule has 0 heterocycles. The van der Waals surface area contributed by atoms with Crippen LogP contribution in [0.25, 0.3) is 0 Å². The normalized spacial score (nSPS) is 11.3. The molecule has 0 rings (SSSR count). The van der Waals surface area contributed by atoms with Crippen LogP contribution in [0, 0.1) is 0 Å². The highest BCUT2D eigenvalue weighted by Gasteiger charge is 2.26. The smallest absolute Gasteiger partial charge is 0.356 e. The van der Waals surface area contributed by atoms with Crippen molar-refractivity contribution in [3.63, 3.8) is 0 Å². The van der Waals surface area contributed by atoms with Gasteiger partial charge in [-0.1, -0.05) is 6.92 Å². The minimum absolute atomic E-state index is 0.290. The summed E-state index contributed by atoms with van der Waals surface area (Å²) in [5, 5.41) is 2.18. The molecule has 0 aliphatic carbocycles. The number of amides is 1. The maximum absolute atomic E-state index is 11.5. The first-order chi connectivity index (χ1) is 5.45. The summed E-state index contributed by atoms with van der Waals surface area (Å²) in [4.78, 5) is 10.7. The first-order valence-corrected chi connectivity index (χ1v) is 3.79. The molecule has 0 spiro atoms. The minimum Gasteiger partial charge on any atom is -0.356 e. The van der Waals surface area contributed by atoms with Crippen molar-refractivity contribution in [3.05, 3.63) is 0 Å². The molecule has 72 valence electrons. The molecule has 0 fully saturated rings. The summed E-state index contributed by atoms with van der Waals surface area (Å²) < 4.78 is 34.6. The van der Waals surface area contributed by atoms with E-state index in [1.54, 1.807) is 6.92 Å². The summed E-state index contributed by atoms with van der Waals surface area (Å²) in [5.41, 5.74) is 0. The van der Waals surface area contributed by atoms with E-state index in [-0.39, 0.29) is 18.9 Å². The Hall–Kier alpha value is -0.740. The largest absolute Gasteiger partial charge is 0.390 e. The lowest BCUT2D eigenvalue weighted by atomic mass is 10.3. The third-order valence-electron chi connectivity index (χ3n) is 1.21. The van der Waals surface area contributed by atoms with Gasteiger partial charge in [0, 0.05) is 13.0 Å². The van der Waals surface area contributed by atoms with Crippen molar-refractivity contribution in [1.29, 1.82) is 0 Å². The fourth-order valence-electron chi connectivity index (χ4n) is 0.659. The van der Waals surface area contributed by atoms with E-state index in [0.717, 1.165) is 0 Å². The van der Waals surface area contributed by atoms with Gasteiger partial charge in [-0.3, -0.25) is 4.79 Å². The molecule has 1 N–H and O–H groups in total. The second kappa shape index (κ2) is 5.00. The Labute approximate surface area is 69.1 Å². The van der Waals surface area contributed by atoms with Gasteiger partial charge in [-0.2, -0.15) is 13.2 Å². The van der Waals surface area contributed by atoms with E-state index in [9.17, 15) is 18.0 Å². The molecular formula is C7H12F3NO. The molecule has 0 atom stereocenters. The van der Waals surface area contributed by atoms with Crippen LogP contribution in [0.5, 0.6) is 0 Å². The van der Waals surface area contributed by atoms with E-state index in [1.807, 2.05) is 0 Å². The number of alkyl halides is 3. The topological polar surface area (TPSA) is 29.1 Å². The Morgan fingerprint density at radius 2 is 2.00 bits per heavy atom. The highest BCUT2D eigenvalue weighted by atomic mass is 19.4. The van der Waals surface area contributed by atoms with Crippen LogP contribution in [-0.4, -0.2) is 18.6 Å². The van der Waals surface area contributed by atoms with Crippen LogP contribution in [0.2, 0.25) is 0 Å². The van der Waals surface area contributed by atoms with E-state index < -0.39 is 12.6 Å². The van der Waals surface area contributed by atoms with Crippen molar-refractivity contribution in [2.45, 2.75) is 32.4 Å². The Morgan fingerprint density at radius 3 is 2.42 bits per heavy atom. The molecule has 5 heteroatoms. The molecule has 0 aromatic heterocycles. The van der Waals surface area contributed by atoms with Crippen molar-refractivity contribution >= 4 is 5.91 Å². The van der Waals surface area contributed by atoms with Gasteiger partial charge in [-0.15, -0.1) is 0 Å². The molecule has 0 unspecified atom stereocenters. The van der Waals surface area contributed by atoms with Gasteiger partial charge >= 0.3 is 6.18 Å². The molecule has 1 amide bonds. The molecule has 0 aliphatic heterocycles. The molecule has 0 radical (unpaired) electrons.